The Bertz CT molecular complexity index is 660. The summed E-state index contributed by atoms with van der Waals surface area (Å²) in [4.78, 5) is 0. The van der Waals surface area contributed by atoms with E-state index in [2.05, 4.69) is 49.4 Å². The molecule has 0 saturated carbocycles. The summed E-state index contributed by atoms with van der Waals surface area (Å²) in [5, 5.41) is 0. The van der Waals surface area contributed by atoms with E-state index in [1.807, 2.05) is 0 Å². The zero-order valence-corrected chi connectivity index (χ0v) is 9.96. The standard InChI is InChI=1S/C17H14/c1-11-9-16-14-6-3-2-5-12(14)10-17(16)15-8-4-7-13(11)15/h2-6,8-9H,7,10H2,1H3. The van der Waals surface area contributed by atoms with E-state index >= 15 is 0 Å². The van der Waals surface area contributed by atoms with Crippen LogP contribution in [0.3, 0.4) is 0 Å². The van der Waals surface area contributed by atoms with Crippen molar-refractivity contribution >= 4 is 6.08 Å². The largest absolute Gasteiger partial charge is 0.0795 e. The van der Waals surface area contributed by atoms with Crippen LogP contribution in [0.4, 0.5) is 0 Å². The third-order valence-electron chi connectivity index (χ3n) is 4.09. The Morgan fingerprint density at radius 3 is 2.82 bits per heavy atom. The van der Waals surface area contributed by atoms with Crippen LogP contribution in [0.25, 0.3) is 17.2 Å². The van der Waals surface area contributed by atoms with Gasteiger partial charge in [0.2, 0.25) is 0 Å². The first-order chi connectivity index (χ1) is 8.34. The molecule has 0 nitrogen and oxygen atoms in total. The second-order valence-electron chi connectivity index (χ2n) is 5.05. The van der Waals surface area contributed by atoms with Crippen molar-refractivity contribution in [1.82, 2.24) is 0 Å². The molecule has 0 bridgehead atoms. The SMILES string of the molecule is Cc1cc2c(c3c1CC=C3)Cc1ccccc1-2. The molecule has 2 aromatic carbocycles. The lowest BCUT2D eigenvalue weighted by molar-refractivity contribution is 1.19. The highest BCUT2D eigenvalue weighted by molar-refractivity contribution is 5.83. The third-order valence-corrected chi connectivity index (χ3v) is 4.09. The molecule has 2 aliphatic rings. The Morgan fingerprint density at radius 1 is 1.00 bits per heavy atom. The first-order valence-electron chi connectivity index (χ1n) is 6.25. The van der Waals surface area contributed by atoms with Gasteiger partial charge in [-0.25, -0.2) is 0 Å². The van der Waals surface area contributed by atoms with Crippen LogP contribution in [-0.2, 0) is 12.8 Å². The Balaban J connectivity index is 2.07. The van der Waals surface area contributed by atoms with Gasteiger partial charge in [-0.05, 0) is 58.7 Å². The van der Waals surface area contributed by atoms with Crippen LogP contribution in [0.15, 0.2) is 36.4 Å². The molecule has 0 unspecified atom stereocenters. The highest BCUT2D eigenvalue weighted by atomic mass is 14.3. The van der Waals surface area contributed by atoms with Gasteiger partial charge in [-0.1, -0.05) is 42.5 Å². The van der Waals surface area contributed by atoms with Crippen LogP contribution in [0, 0.1) is 6.92 Å². The molecule has 0 atom stereocenters. The fourth-order valence-electron chi connectivity index (χ4n) is 3.26. The highest BCUT2D eigenvalue weighted by Gasteiger charge is 2.24. The second-order valence-corrected chi connectivity index (χ2v) is 5.05. The molecular formula is C17H14. The lowest BCUT2D eigenvalue weighted by atomic mass is 9.94. The summed E-state index contributed by atoms with van der Waals surface area (Å²) >= 11 is 0. The van der Waals surface area contributed by atoms with Crippen molar-refractivity contribution in [3.05, 3.63) is 64.2 Å². The summed E-state index contributed by atoms with van der Waals surface area (Å²) < 4.78 is 0. The maximum Gasteiger partial charge on any atom is -0.000740 e. The fourth-order valence-corrected chi connectivity index (χ4v) is 3.26. The molecule has 0 heterocycles. The highest BCUT2D eigenvalue weighted by Crippen LogP contribution is 2.42. The lowest BCUT2D eigenvalue weighted by Gasteiger charge is -2.10. The topological polar surface area (TPSA) is 0 Å². The third kappa shape index (κ3) is 1.13. The number of allylic oxidation sites excluding steroid dienone is 1. The Hall–Kier alpha value is -1.82. The Labute approximate surface area is 102 Å². The lowest BCUT2D eigenvalue weighted by Crippen LogP contribution is -1.93. The van der Waals surface area contributed by atoms with Crippen molar-refractivity contribution in [2.45, 2.75) is 19.8 Å². The normalized spacial score (nSPS) is 14.6. The maximum absolute atomic E-state index is 2.38. The molecule has 0 fully saturated rings. The summed E-state index contributed by atoms with van der Waals surface area (Å²) in [6, 6.07) is 11.2. The number of hydrogen-bond acceptors (Lipinski definition) is 0. The second kappa shape index (κ2) is 3.10. The van der Waals surface area contributed by atoms with Crippen molar-refractivity contribution in [3.63, 3.8) is 0 Å². The molecule has 0 saturated heterocycles. The number of benzene rings is 2. The van der Waals surface area contributed by atoms with Crippen molar-refractivity contribution in [1.29, 1.82) is 0 Å². The van der Waals surface area contributed by atoms with E-state index in [4.69, 9.17) is 0 Å². The van der Waals surface area contributed by atoms with Crippen molar-refractivity contribution in [2.75, 3.05) is 0 Å². The van der Waals surface area contributed by atoms with Crippen LogP contribution < -0.4 is 0 Å². The van der Waals surface area contributed by atoms with Gasteiger partial charge in [0.1, 0.15) is 0 Å². The molecule has 0 spiro atoms. The van der Waals surface area contributed by atoms with E-state index < -0.39 is 0 Å². The quantitative estimate of drug-likeness (QED) is 0.532. The van der Waals surface area contributed by atoms with Gasteiger partial charge in [0.25, 0.3) is 0 Å². The molecule has 4 rings (SSSR count). The maximum atomic E-state index is 2.38. The average molecular weight is 218 g/mol. The predicted octanol–water partition coefficient (Wildman–Crippen LogP) is 4.14. The first kappa shape index (κ1) is 9.23. The molecule has 82 valence electrons. The van der Waals surface area contributed by atoms with Gasteiger partial charge in [-0.15, -0.1) is 0 Å². The summed E-state index contributed by atoms with van der Waals surface area (Å²) in [6.07, 6.45) is 6.83. The van der Waals surface area contributed by atoms with Crippen LogP contribution in [-0.4, -0.2) is 0 Å². The monoisotopic (exact) mass is 218 g/mol. The fraction of sp³-hybridized carbons (Fsp3) is 0.176. The first-order valence-corrected chi connectivity index (χ1v) is 6.25. The smallest absolute Gasteiger partial charge is 0.000740 e. The minimum Gasteiger partial charge on any atom is -0.0795 e. The number of aryl methyl sites for hydroxylation is 1. The van der Waals surface area contributed by atoms with Gasteiger partial charge in [-0.2, -0.15) is 0 Å². The molecule has 0 amide bonds. The number of hydrogen-bond donors (Lipinski definition) is 0. The van der Waals surface area contributed by atoms with E-state index in [1.165, 1.54) is 33.4 Å². The molecule has 2 aromatic rings. The zero-order valence-electron chi connectivity index (χ0n) is 9.96. The summed E-state index contributed by atoms with van der Waals surface area (Å²) in [6.45, 7) is 2.24. The van der Waals surface area contributed by atoms with E-state index in [1.54, 1.807) is 5.56 Å². The van der Waals surface area contributed by atoms with Crippen LogP contribution in [0.1, 0.15) is 27.8 Å². The van der Waals surface area contributed by atoms with Crippen molar-refractivity contribution < 1.29 is 0 Å². The van der Waals surface area contributed by atoms with Crippen LogP contribution in [0.5, 0.6) is 0 Å². The predicted molar refractivity (Wildman–Crippen MR) is 72.2 cm³/mol. The molecule has 0 aromatic heterocycles. The van der Waals surface area contributed by atoms with Gasteiger partial charge < -0.3 is 0 Å². The van der Waals surface area contributed by atoms with E-state index in [0.29, 0.717) is 0 Å². The van der Waals surface area contributed by atoms with Gasteiger partial charge in [0.05, 0.1) is 0 Å². The van der Waals surface area contributed by atoms with Gasteiger partial charge in [-0.3, -0.25) is 0 Å². The minimum atomic E-state index is 1.11. The van der Waals surface area contributed by atoms with Crippen molar-refractivity contribution in [3.8, 4) is 11.1 Å². The summed E-state index contributed by atoms with van der Waals surface area (Å²) in [5.41, 5.74) is 10.4. The molecule has 0 heteroatoms. The zero-order chi connectivity index (χ0) is 11.4. The summed E-state index contributed by atoms with van der Waals surface area (Å²) in [7, 11) is 0. The Kier molecular flexibility index (Phi) is 1.69. The number of rotatable bonds is 0. The molecule has 0 N–H and O–H groups in total. The summed E-state index contributed by atoms with van der Waals surface area (Å²) in [5.74, 6) is 0. The molecular weight excluding hydrogens is 204 g/mol. The van der Waals surface area contributed by atoms with Gasteiger partial charge in [0.15, 0.2) is 0 Å². The molecule has 0 radical (unpaired) electrons. The van der Waals surface area contributed by atoms with Crippen LogP contribution >= 0.6 is 0 Å². The molecule has 17 heavy (non-hydrogen) atoms. The molecule has 0 aliphatic heterocycles. The minimum absolute atomic E-state index is 1.11. The van der Waals surface area contributed by atoms with Gasteiger partial charge in [0, 0.05) is 0 Å². The average Bonchev–Trinajstić information content (AvgIpc) is 2.93. The Morgan fingerprint density at radius 2 is 1.88 bits per heavy atom. The molecule has 2 aliphatic carbocycles. The van der Waals surface area contributed by atoms with E-state index in [9.17, 15) is 0 Å². The van der Waals surface area contributed by atoms with Crippen molar-refractivity contribution in [2.24, 2.45) is 0 Å². The van der Waals surface area contributed by atoms with Crippen LogP contribution in [0.2, 0.25) is 0 Å². The number of fused-ring (bicyclic) bond motifs is 5. The van der Waals surface area contributed by atoms with Gasteiger partial charge >= 0.3 is 0 Å². The van der Waals surface area contributed by atoms with E-state index in [-0.39, 0.29) is 0 Å². The van der Waals surface area contributed by atoms with E-state index in [0.717, 1.165) is 12.8 Å².